The van der Waals surface area contributed by atoms with Gasteiger partial charge in [-0.25, -0.2) is 4.79 Å². The minimum atomic E-state index is -4.73. The average Bonchev–Trinajstić information content (AvgIpc) is 2.40. The second kappa shape index (κ2) is 4.50. The number of rotatable bonds is 2. The number of halogens is 4. The quantitative estimate of drug-likeness (QED) is 0.842. The van der Waals surface area contributed by atoms with E-state index in [1.807, 2.05) is 0 Å². The molecule has 0 bridgehead atoms. The van der Waals surface area contributed by atoms with Gasteiger partial charge in [0.15, 0.2) is 0 Å². The van der Waals surface area contributed by atoms with E-state index in [4.69, 9.17) is 17.3 Å². The van der Waals surface area contributed by atoms with E-state index in [1.54, 1.807) is 0 Å². The molecule has 3 nitrogen and oxygen atoms in total. The summed E-state index contributed by atoms with van der Waals surface area (Å²) >= 11 is 5.89. The van der Waals surface area contributed by atoms with Gasteiger partial charge in [0.2, 0.25) is 0 Å². The standard InChI is InChI=1S/C8H7ClF3NO2S/c1-2-15-7(14)3-4(8(10,11)12)5(9)16-6(3)13/h2,13H2,1H3. The highest BCUT2D eigenvalue weighted by Crippen LogP contribution is 2.44. The molecule has 8 heteroatoms. The molecule has 0 aromatic carbocycles. The first kappa shape index (κ1) is 13.1. The summed E-state index contributed by atoms with van der Waals surface area (Å²) in [5.41, 5.74) is 3.37. The van der Waals surface area contributed by atoms with E-state index in [0.29, 0.717) is 11.3 Å². The summed E-state index contributed by atoms with van der Waals surface area (Å²) in [5, 5.41) is -0.296. The van der Waals surface area contributed by atoms with Gasteiger partial charge >= 0.3 is 12.1 Å². The van der Waals surface area contributed by atoms with Crippen molar-refractivity contribution in [1.29, 1.82) is 0 Å². The summed E-state index contributed by atoms with van der Waals surface area (Å²) < 4.78 is 41.7. The summed E-state index contributed by atoms with van der Waals surface area (Å²) in [5.74, 6) is -1.12. The number of nitrogens with two attached hydrogens (primary N) is 1. The van der Waals surface area contributed by atoms with E-state index in [0.717, 1.165) is 0 Å². The van der Waals surface area contributed by atoms with Gasteiger partial charge in [0.25, 0.3) is 0 Å². The fraction of sp³-hybridized carbons (Fsp3) is 0.375. The first-order valence-electron chi connectivity index (χ1n) is 4.11. The number of thiophene rings is 1. The van der Waals surface area contributed by atoms with Crippen LogP contribution in [0.15, 0.2) is 0 Å². The smallest absolute Gasteiger partial charge is 0.419 e. The van der Waals surface area contributed by atoms with Crippen LogP contribution in [-0.4, -0.2) is 12.6 Å². The lowest BCUT2D eigenvalue weighted by Gasteiger charge is -2.08. The van der Waals surface area contributed by atoms with Crippen LogP contribution in [0, 0.1) is 0 Å². The van der Waals surface area contributed by atoms with E-state index >= 15 is 0 Å². The molecule has 0 aliphatic carbocycles. The molecule has 2 N–H and O–H groups in total. The molecule has 1 aromatic rings. The maximum Gasteiger partial charge on any atom is 0.419 e. The number of anilines is 1. The number of esters is 1. The Morgan fingerprint density at radius 2 is 2.12 bits per heavy atom. The van der Waals surface area contributed by atoms with Crippen LogP contribution in [0.4, 0.5) is 18.2 Å². The van der Waals surface area contributed by atoms with Gasteiger partial charge in [-0.15, -0.1) is 11.3 Å². The first-order valence-corrected chi connectivity index (χ1v) is 5.30. The van der Waals surface area contributed by atoms with Crippen LogP contribution in [0.1, 0.15) is 22.8 Å². The van der Waals surface area contributed by atoms with Crippen LogP contribution >= 0.6 is 22.9 Å². The van der Waals surface area contributed by atoms with Crippen LogP contribution in [0.2, 0.25) is 4.34 Å². The Kier molecular flexibility index (Phi) is 3.69. The normalized spacial score (nSPS) is 11.6. The maximum atomic E-state index is 12.6. The highest BCUT2D eigenvalue weighted by atomic mass is 35.5. The third-order valence-electron chi connectivity index (χ3n) is 1.66. The molecule has 0 saturated heterocycles. The fourth-order valence-corrected chi connectivity index (χ4v) is 2.33. The number of carbonyl (C=O) groups is 1. The summed E-state index contributed by atoms with van der Waals surface area (Å²) in [4.78, 5) is 11.3. The summed E-state index contributed by atoms with van der Waals surface area (Å²) in [7, 11) is 0. The zero-order valence-corrected chi connectivity index (χ0v) is 9.59. The van der Waals surface area contributed by atoms with E-state index in [1.165, 1.54) is 6.92 Å². The van der Waals surface area contributed by atoms with Crippen molar-refractivity contribution in [3.8, 4) is 0 Å². The van der Waals surface area contributed by atoms with E-state index < -0.39 is 27.6 Å². The Morgan fingerprint density at radius 1 is 1.56 bits per heavy atom. The highest BCUT2D eigenvalue weighted by Gasteiger charge is 2.41. The molecule has 0 aliphatic rings. The zero-order chi connectivity index (χ0) is 12.5. The number of hydrogen-bond donors (Lipinski definition) is 1. The molecular weight excluding hydrogens is 267 g/mol. The number of alkyl halides is 3. The lowest BCUT2D eigenvalue weighted by atomic mass is 10.2. The molecule has 1 rings (SSSR count). The SMILES string of the molecule is CCOC(=O)c1c(N)sc(Cl)c1C(F)(F)F. The largest absolute Gasteiger partial charge is 0.462 e. The van der Waals surface area contributed by atoms with Gasteiger partial charge in [-0.1, -0.05) is 11.6 Å². The molecule has 0 spiro atoms. The van der Waals surface area contributed by atoms with E-state index in [9.17, 15) is 18.0 Å². The van der Waals surface area contributed by atoms with Crippen molar-refractivity contribution in [3.63, 3.8) is 0 Å². The Hall–Kier alpha value is -0.950. The number of hydrogen-bond acceptors (Lipinski definition) is 4. The monoisotopic (exact) mass is 273 g/mol. The molecule has 16 heavy (non-hydrogen) atoms. The van der Waals surface area contributed by atoms with Crippen LogP contribution in [0.5, 0.6) is 0 Å². The van der Waals surface area contributed by atoms with Gasteiger partial charge in [-0.3, -0.25) is 0 Å². The third kappa shape index (κ3) is 2.41. The fourth-order valence-electron chi connectivity index (χ4n) is 1.08. The van der Waals surface area contributed by atoms with Crippen molar-refractivity contribution in [2.45, 2.75) is 13.1 Å². The van der Waals surface area contributed by atoms with Gasteiger partial charge < -0.3 is 10.5 Å². The van der Waals surface area contributed by atoms with Crippen molar-refractivity contribution < 1.29 is 22.7 Å². The highest BCUT2D eigenvalue weighted by molar-refractivity contribution is 7.20. The molecule has 1 heterocycles. The van der Waals surface area contributed by atoms with Gasteiger partial charge in [-0.05, 0) is 6.92 Å². The predicted octanol–water partition coefficient (Wildman–Crippen LogP) is 3.18. The molecule has 0 radical (unpaired) electrons. The Balaban J connectivity index is 3.32. The van der Waals surface area contributed by atoms with Gasteiger partial charge in [0.1, 0.15) is 20.5 Å². The molecule has 90 valence electrons. The maximum absolute atomic E-state index is 12.6. The summed E-state index contributed by atoms with van der Waals surface area (Å²) in [6.45, 7) is 1.44. The number of nitrogen functional groups attached to an aromatic ring is 1. The molecule has 0 aliphatic heterocycles. The van der Waals surface area contributed by atoms with Crippen LogP contribution in [0.25, 0.3) is 0 Å². The minimum absolute atomic E-state index is 0.0387. The Labute approximate surface area is 97.9 Å². The van der Waals surface area contributed by atoms with Gasteiger partial charge in [0.05, 0.1) is 6.61 Å². The van der Waals surface area contributed by atoms with Gasteiger partial charge in [0, 0.05) is 0 Å². The average molecular weight is 274 g/mol. The minimum Gasteiger partial charge on any atom is -0.462 e. The van der Waals surface area contributed by atoms with Crippen molar-refractivity contribution in [3.05, 3.63) is 15.5 Å². The van der Waals surface area contributed by atoms with Crippen molar-refractivity contribution in [2.24, 2.45) is 0 Å². The Morgan fingerprint density at radius 3 is 2.56 bits per heavy atom. The van der Waals surface area contributed by atoms with Crippen molar-refractivity contribution in [1.82, 2.24) is 0 Å². The molecule has 0 saturated carbocycles. The predicted molar refractivity (Wildman–Crippen MR) is 54.7 cm³/mol. The van der Waals surface area contributed by atoms with E-state index in [2.05, 4.69) is 4.74 Å². The summed E-state index contributed by atoms with van der Waals surface area (Å²) in [6.07, 6.45) is -4.73. The van der Waals surface area contributed by atoms with Crippen LogP contribution in [-0.2, 0) is 10.9 Å². The van der Waals surface area contributed by atoms with Crippen LogP contribution < -0.4 is 5.73 Å². The van der Waals surface area contributed by atoms with Crippen molar-refractivity contribution in [2.75, 3.05) is 12.3 Å². The van der Waals surface area contributed by atoms with Crippen LogP contribution in [0.3, 0.4) is 0 Å². The lowest BCUT2D eigenvalue weighted by Crippen LogP contribution is -2.14. The topological polar surface area (TPSA) is 52.3 Å². The molecular formula is C8H7ClF3NO2S. The second-order valence-electron chi connectivity index (χ2n) is 2.71. The summed E-state index contributed by atoms with van der Waals surface area (Å²) in [6, 6.07) is 0. The van der Waals surface area contributed by atoms with Crippen molar-refractivity contribution >= 4 is 33.9 Å². The van der Waals surface area contributed by atoms with Gasteiger partial charge in [-0.2, -0.15) is 13.2 Å². The third-order valence-corrected chi connectivity index (χ3v) is 2.88. The molecule has 0 unspecified atom stereocenters. The molecule has 0 fully saturated rings. The number of carbonyl (C=O) groups excluding carboxylic acids is 1. The first-order chi connectivity index (χ1) is 7.29. The molecule has 1 aromatic heterocycles. The lowest BCUT2D eigenvalue weighted by molar-refractivity contribution is -0.137. The molecule has 0 atom stereocenters. The Bertz CT molecular complexity index is 416. The van der Waals surface area contributed by atoms with E-state index in [-0.39, 0.29) is 11.6 Å². The molecule has 0 amide bonds. The number of ether oxygens (including phenoxy) is 1. The zero-order valence-electron chi connectivity index (χ0n) is 8.02. The second-order valence-corrected chi connectivity index (χ2v) is 4.36.